The topological polar surface area (TPSA) is 36.9 Å². The van der Waals surface area contributed by atoms with Gasteiger partial charge in [-0.25, -0.2) is 0 Å². The molecule has 0 saturated carbocycles. The van der Waals surface area contributed by atoms with Crippen molar-refractivity contribution in [3.8, 4) is 23.0 Å². The van der Waals surface area contributed by atoms with Gasteiger partial charge in [0, 0.05) is 11.6 Å². The standard InChI is InChI=1S/C12H14O4/c1-4-5-8-9(13-2)6-10(14-3)12-11(8)15-7-16-12/h4,6H,1,5,7H2,2-3H3. The molecule has 1 aromatic rings. The number of hydrogen-bond donors (Lipinski definition) is 0. The zero-order chi connectivity index (χ0) is 11.5. The van der Waals surface area contributed by atoms with Crippen molar-refractivity contribution in [1.29, 1.82) is 0 Å². The van der Waals surface area contributed by atoms with Gasteiger partial charge in [-0.05, 0) is 6.42 Å². The molecule has 0 saturated heterocycles. The second-order valence-corrected chi connectivity index (χ2v) is 3.32. The highest BCUT2D eigenvalue weighted by atomic mass is 16.7. The Hall–Kier alpha value is -1.84. The number of hydrogen-bond acceptors (Lipinski definition) is 4. The number of methoxy groups -OCH3 is 2. The Kier molecular flexibility index (Phi) is 2.90. The molecule has 0 spiro atoms. The van der Waals surface area contributed by atoms with Crippen molar-refractivity contribution < 1.29 is 18.9 Å². The molecule has 0 aliphatic carbocycles. The van der Waals surface area contributed by atoms with Crippen LogP contribution in [0.15, 0.2) is 18.7 Å². The Morgan fingerprint density at radius 1 is 1.25 bits per heavy atom. The van der Waals surface area contributed by atoms with Crippen LogP contribution in [0.2, 0.25) is 0 Å². The lowest BCUT2D eigenvalue weighted by Crippen LogP contribution is -1.96. The Morgan fingerprint density at radius 2 is 1.94 bits per heavy atom. The summed E-state index contributed by atoms with van der Waals surface area (Å²) in [6.07, 6.45) is 2.46. The predicted octanol–water partition coefficient (Wildman–Crippen LogP) is 2.16. The van der Waals surface area contributed by atoms with Gasteiger partial charge < -0.3 is 18.9 Å². The molecular formula is C12H14O4. The molecule has 0 unspecified atom stereocenters. The third-order valence-electron chi connectivity index (χ3n) is 2.46. The molecule has 1 heterocycles. The first-order chi connectivity index (χ1) is 7.81. The average molecular weight is 222 g/mol. The third kappa shape index (κ3) is 1.56. The SMILES string of the molecule is C=CCc1c(OC)cc(OC)c2c1OCO2. The summed E-state index contributed by atoms with van der Waals surface area (Å²) in [4.78, 5) is 0. The van der Waals surface area contributed by atoms with Crippen molar-refractivity contribution in [3.63, 3.8) is 0 Å². The van der Waals surface area contributed by atoms with Crippen LogP contribution in [0, 0.1) is 0 Å². The molecule has 0 atom stereocenters. The summed E-state index contributed by atoms with van der Waals surface area (Å²) in [5.41, 5.74) is 0.936. The predicted molar refractivity (Wildman–Crippen MR) is 59.6 cm³/mol. The van der Waals surface area contributed by atoms with Crippen LogP contribution in [0.4, 0.5) is 0 Å². The molecule has 16 heavy (non-hydrogen) atoms. The molecular weight excluding hydrogens is 208 g/mol. The number of rotatable bonds is 4. The fourth-order valence-corrected chi connectivity index (χ4v) is 1.74. The molecule has 1 aromatic carbocycles. The summed E-state index contributed by atoms with van der Waals surface area (Å²) in [5.74, 6) is 2.68. The van der Waals surface area contributed by atoms with Gasteiger partial charge in [-0.2, -0.15) is 0 Å². The van der Waals surface area contributed by atoms with Crippen molar-refractivity contribution in [2.45, 2.75) is 6.42 Å². The van der Waals surface area contributed by atoms with Crippen LogP contribution < -0.4 is 18.9 Å². The smallest absolute Gasteiger partial charge is 0.231 e. The van der Waals surface area contributed by atoms with Crippen molar-refractivity contribution in [2.75, 3.05) is 21.0 Å². The summed E-state index contributed by atoms with van der Waals surface area (Å²) in [7, 11) is 3.20. The fraction of sp³-hybridized carbons (Fsp3) is 0.333. The molecule has 0 fully saturated rings. The summed E-state index contributed by atoms with van der Waals surface area (Å²) in [6.45, 7) is 3.93. The zero-order valence-corrected chi connectivity index (χ0v) is 9.41. The molecule has 0 radical (unpaired) electrons. The van der Waals surface area contributed by atoms with Gasteiger partial charge in [0.1, 0.15) is 5.75 Å². The summed E-state index contributed by atoms with van der Waals surface area (Å²) in [5, 5.41) is 0. The maximum Gasteiger partial charge on any atom is 0.231 e. The van der Waals surface area contributed by atoms with Crippen LogP contribution in [0.25, 0.3) is 0 Å². The Bertz CT molecular complexity index is 412. The minimum Gasteiger partial charge on any atom is -0.496 e. The van der Waals surface area contributed by atoms with Crippen LogP contribution in [0.1, 0.15) is 5.56 Å². The van der Waals surface area contributed by atoms with Gasteiger partial charge >= 0.3 is 0 Å². The van der Waals surface area contributed by atoms with Crippen LogP contribution in [0.3, 0.4) is 0 Å². The largest absolute Gasteiger partial charge is 0.496 e. The van der Waals surface area contributed by atoms with E-state index in [1.165, 1.54) is 0 Å². The summed E-state index contributed by atoms with van der Waals surface area (Å²) in [6, 6.07) is 1.80. The van der Waals surface area contributed by atoms with Gasteiger partial charge in [-0.15, -0.1) is 6.58 Å². The summed E-state index contributed by atoms with van der Waals surface area (Å²) >= 11 is 0. The van der Waals surface area contributed by atoms with Crippen LogP contribution in [-0.2, 0) is 6.42 Å². The number of allylic oxidation sites excluding steroid dienone is 1. The van der Waals surface area contributed by atoms with E-state index in [0.717, 1.165) is 11.3 Å². The van der Waals surface area contributed by atoms with Crippen LogP contribution in [-0.4, -0.2) is 21.0 Å². The highest BCUT2D eigenvalue weighted by Crippen LogP contribution is 2.48. The maximum absolute atomic E-state index is 5.44. The maximum atomic E-state index is 5.44. The molecule has 0 bridgehead atoms. The Balaban J connectivity index is 2.58. The van der Waals surface area contributed by atoms with E-state index in [-0.39, 0.29) is 6.79 Å². The van der Waals surface area contributed by atoms with Crippen molar-refractivity contribution in [2.24, 2.45) is 0 Å². The number of fused-ring (bicyclic) bond motifs is 1. The van der Waals surface area contributed by atoms with E-state index < -0.39 is 0 Å². The molecule has 0 aromatic heterocycles. The van der Waals surface area contributed by atoms with E-state index in [0.29, 0.717) is 23.7 Å². The first kappa shape index (κ1) is 10.7. The minimum atomic E-state index is 0.211. The first-order valence-electron chi connectivity index (χ1n) is 4.96. The van der Waals surface area contributed by atoms with Crippen molar-refractivity contribution in [3.05, 3.63) is 24.3 Å². The lowest BCUT2D eigenvalue weighted by molar-refractivity contribution is 0.170. The van der Waals surface area contributed by atoms with E-state index in [9.17, 15) is 0 Å². The second-order valence-electron chi connectivity index (χ2n) is 3.32. The van der Waals surface area contributed by atoms with Crippen molar-refractivity contribution in [1.82, 2.24) is 0 Å². The van der Waals surface area contributed by atoms with Gasteiger partial charge in [-0.3, -0.25) is 0 Å². The normalized spacial score (nSPS) is 12.4. The van der Waals surface area contributed by atoms with Gasteiger partial charge in [0.05, 0.1) is 14.2 Å². The molecule has 4 heteroatoms. The number of benzene rings is 1. The van der Waals surface area contributed by atoms with E-state index in [4.69, 9.17) is 18.9 Å². The molecule has 86 valence electrons. The van der Waals surface area contributed by atoms with Crippen molar-refractivity contribution >= 4 is 0 Å². The number of ether oxygens (including phenoxy) is 4. The van der Waals surface area contributed by atoms with Gasteiger partial charge in [0.2, 0.25) is 12.5 Å². The van der Waals surface area contributed by atoms with Crippen LogP contribution >= 0.6 is 0 Å². The Morgan fingerprint density at radius 3 is 2.56 bits per heavy atom. The highest BCUT2D eigenvalue weighted by Gasteiger charge is 2.25. The minimum absolute atomic E-state index is 0.211. The first-order valence-corrected chi connectivity index (χ1v) is 4.96. The lowest BCUT2D eigenvalue weighted by atomic mass is 10.1. The molecule has 0 N–H and O–H groups in total. The van der Waals surface area contributed by atoms with Gasteiger partial charge in [0.15, 0.2) is 11.5 Å². The van der Waals surface area contributed by atoms with Gasteiger partial charge in [0.25, 0.3) is 0 Å². The van der Waals surface area contributed by atoms with E-state index in [1.54, 1.807) is 26.4 Å². The average Bonchev–Trinajstić information content (AvgIpc) is 2.78. The lowest BCUT2D eigenvalue weighted by Gasteiger charge is -2.12. The molecule has 0 amide bonds. The molecule has 4 nitrogen and oxygen atoms in total. The van der Waals surface area contributed by atoms with Gasteiger partial charge in [-0.1, -0.05) is 6.08 Å². The van der Waals surface area contributed by atoms with E-state index in [1.807, 2.05) is 0 Å². The third-order valence-corrected chi connectivity index (χ3v) is 2.46. The molecule has 1 aliphatic rings. The second kappa shape index (κ2) is 4.35. The quantitative estimate of drug-likeness (QED) is 0.731. The monoisotopic (exact) mass is 222 g/mol. The zero-order valence-electron chi connectivity index (χ0n) is 9.41. The molecule has 1 aliphatic heterocycles. The fourth-order valence-electron chi connectivity index (χ4n) is 1.74. The van der Waals surface area contributed by atoms with E-state index >= 15 is 0 Å². The highest BCUT2D eigenvalue weighted by molar-refractivity contribution is 5.63. The summed E-state index contributed by atoms with van der Waals surface area (Å²) < 4.78 is 21.3. The van der Waals surface area contributed by atoms with E-state index in [2.05, 4.69) is 6.58 Å². The van der Waals surface area contributed by atoms with Crippen LogP contribution in [0.5, 0.6) is 23.0 Å². The molecule has 2 rings (SSSR count). The Labute approximate surface area is 94.4 Å².